The molecule has 0 radical (unpaired) electrons. The maximum atomic E-state index is 6.06. The molecule has 1 aromatic heterocycles. The number of ether oxygens (including phenoxy) is 1. The number of aromatic nitrogens is 1. The minimum atomic E-state index is 0.217. The Hall–Kier alpha value is -1.71. The molecule has 4 rings (SSSR count). The third-order valence-electron chi connectivity index (χ3n) is 4.54. The van der Waals surface area contributed by atoms with Gasteiger partial charge in [-0.05, 0) is 55.1 Å². The Balaban J connectivity index is 1.68. The highest BCUT2D eigenvalue weighted by molar-refractivity contribution is 5.61. The predicted octanol–water partition coefficient (Wildman–Crippen LogP) is 3.11. The van der Waals surface area contributed by atoms with Crippen molar-refractivity contribution in [1.82, 2.24) is 10.3 Å². The highest BCUT2D eigenvalue weighted by Gasteiger charge is 2.30. The van der Waals surface area contributed by atoms with Gasteiger partial charge < -0.3 is 10.1 Å². The van der Waals surface area contributed by atoms with Crippen LogP contribution in [0.5, 0.6) is 0 Å². The first-order valence-corrected chi connectivity index (χ1v) is 7.81. The van der Waals surface area contributed by atoms with Gasteiger partial charge in [-0.25, -0.2) is 0 Å². The van der Waals surface area contributed by atoms with Crippen LogP contribution in [-0.4, -0.2) is 24.2 Å². The van der Waals surface area contributed by atoms with Crippen molar-refractivity contribution in [3.8, 4) is 11.3 Å². The third kappa shape index (κ3) is 2.47. The molecule has 0 bridgehead atoms. The van der Waals surface area contributed by atoms with Crippen LogP contribution in [0.15, 0.2) is 42.6 Å². The molecule has 0 aliphatic carbocycles. The van der Waals surface area contributed by atoms with Gasteiger partial charge in [0.05, 0.1) is 18.4 Å². The van der Waals surface area contributed by atoms with E-state index in [0.29, 0.717) is 6.04 Å². The smallest absolute Gasteiger partial charge is 0.0980 e. The van der Waals surface area contributed by atoms with E-state index < -0.39 is 0 Å². The minimum absolute atomic E-state index is 0.217. The van der Waals surface area contributed by atoms with E-state index in [9.17, 15) is 0 Å². The van der Waals surface area contributed by atoms with Gasteiger partial charge in [-0.3, -0.25) is 4.98 Å². The van der Waals surface area contributed by atoms with E-state index >= 15 is 0 Å². The average molecular weight is 280 g/mol. The number of pyridine rings is 1. The summed E-state index contributed by atoms with van der Waals surface area (Å²) in [7, 11) is 0. The van der Waals surface area contributed by atoms with E-state index in [1.54, 1.807) is 0 Å². The second-order valence-corrected chi connectivity index (χ2v) is 5.87. The van der Waals surface area contributed by atoms with Gasteiger partial charge in [-0.15, -0.1) is 0 Å². The summed E-state index contributed by atoms with van der Waals surface area (Å²) in [5, 5.41) is 3.58. The monoisotopic (exact) mass is 280 g/mol. The van der Waals surface area contributed by atoms with Crippen LogP contribution < -0.4 is 5.32 Å². The molecule has 0 amide bonds. The van der Waals surface area contributed by atoms with Gasteiger partial charge in [0.25, 0.3) is 0 Å². The summed E-state index contributed by atoms with van der Waals surface area (Å²) in [4.78, 5) is 4.45. The van der Waals surface area contributed by atoms with E-state index in [1.807, 2.05) is 18.3 Å². The van der Waals surface area contributed by atoms with Crippen LogP contribution in [-0.2, 0) is 11.2 Å². The minimum Gasteiger partial charge on any atom is -0.372 e. The zero-order chi connectivity index (χ0) is 14.1. The number of benzene rings is 1. The lowest BCUT2D eigenvalue weighted by atomic mass is 9.90. The van der Waals surface area contributed by atoms with Gasteiger partial charge in [0.2, 0.25) is 0 Å². The van der Waals surface area contributed by atoms with Gasteiger partial charge in [-0.1, -0.05) is 18.2 Å². The summed E-state index contributed by atoms with van der Waals surface area (Å²) in [6.45, 7) is 1.94. The van der Waals surface area contributed by atoms with Crippen molar-refractivity contribution in [3.63, 3.8) is 0 Å². The van der Waals surface area contributed by atoms with Gasteiger partial charge in [-0.2, -0.15) is 0 Å². The van der Waals surface area contributed by atoms with E-state index in [2.05, 4.69) is 34.6 Å². The molecule has 2 atom stereocenters. The molecule has 0 unspecified atom stereocenters. The van der Waals surface area contributed by atoms with Gasteiger partial charge in [0, 0.05) is 17.8 Å². The Morgan fingerprint density at radius 2 is 2.19 bits per heavy atom. The van der Waals surface area contributed by atoms with Gasteiger partial charge in [0.1, 0.15) is 0 Å². The topological polar surface area (TPSA) is 34.1 Å². The van der Waals surface area contributed by atoms with Crippen LogP contribution in [0.3, 0.4) is 0 Å². The standard InChI is InChI=1S/C18H20N2O/c1-2-9-19-16(4-1)14-6-7-15-13(12-14)8-11-21-18(15)17-5-3-10-20-17/h1-2,4,6-7,9,12,17-18,20H,3,5,8,10-11H2/t17-,18-/m0/s1. The van der Waals surface area contributed by atoms with Crippen molar-refractivity contribution < 1.29 is 4.74 Å². The van der Waals surface area contributed by atoms with Crippen molar-refractivity contribution in [2.45, 2.75) is 31.4 Å². The van der Waals surface area contributed by atoms with Crippen molar-refractivity contribution >= 4 is 0 Å². The Labute approximate surface area is 125 Å². The summed E-state index contributed by atoms with van der Waals surface area (Å²) in [6.07, 6.45) is 5.54. The lowest BCUT2D eigenvalue weighted by molar-refractivity contribution is 0.0199. The molecule has 108 valence electrons. The lowest BCUT2D eigenvalue weighted by Gasteiger charge is -2.31. The number of nitrogens with one attached hydrogen (secondary N) is 1. The fourth-order valence-electron chi connectivity index (χ4n) is 3.48. The fraction of sp³-hybridized carbons (Fsp3) is 0.389. The Bertz CT molecular complexity index is 620. The molecule has 3 heterocycles. The quantitative estimate of drug-likeness (QED) is 0.918. The molecule has 2 aliphatic heterocycles. The number of hydrogen-bond donors (Lipinski definition) is 1. The third-order valence-corrected chi connectivity index (χ3v) is 4.54. The molecule has 1 aromatic carbocycles. The first-order valence-electron chi connectivity index (χ1n) is 7.81. The number of fused-ring (bicyclic) bond motifs is 1. The van der Waals surface area contributed by atoms with Crippen molar-refractivity contribution in [3.05, 3.63) is 53.7 Å². The molecule has 3 heteroatoms. The fourth-order valence-corrected chi connectivity index (χ4v) is 3.48. The Morgan fingerprint density at radius 3 is 3.00 bits per heavy atom. The Morgan fingerprint density at radius 1 is 1.19 bits per heavy atom. The maximum absolute atomic E-state index is 6.06. The first kappa shape index (κ1) is 13.0. The Kier molecular flexibility index (Phi) is 3.45. The maximum Gasteiger partial charge on any atom is 0.0980 e. The molecule has 2 aromatic rings. The second kappa shape index (κ2) is 5.58. The summed E-state index contributed by atoms with van der Waals surface area (Å²) >= 11 is 0. The molecular weight excluding hydrogens is 260 g/mol. The van der Waals surface area contributed by atoms with E-state index in [0.717, 1.165) is 25.3 Å². The van der Waals surface area contributed by atoms with E-state index in [-0.39, 0.29) is 6.10 Å². The molecule has 1 fully saturated rings. The zero-order valence-corrected chi connectivity index (χ0v) is 12.1. The lowest BCUT2D eigenvalue weighted by Crippen LogP contribution is -2.33. The molecular formula is C18H20N2O. The predicted molar refractivity (Wildman–Crippen MR) is 83.1 cm³/mol. The largest absolute Gasteiger partial charge is 0.372 e. The van der Waals surface area contributed by atoms with Crippen LogP contribution >= 0.6 is 0 Å². The number of nitrogens with zero attached hydrogens (tertiary/aromatic N) is 1. The molecule has 1 saturated heterocycles. The van der Waals surface area contributed by atoms with Gasteiger partial charge in [0.15, 0.2) is 0 Å². The van der Waals surface area contributed by atoms with Crippen LogP contribution in [0.25, 0.3) is 11.3 Å². The highest BCUT2D eigenvalue weighted by atomic mass is 16.5. The SMILES string of the molecule is c1ccc(-c2ccc3c(c2)CCO[C@@H]3[C@@H]2CCCN2)nc1. The van der Waals surface area contributed by atoms with Crippen LogP contribution in [0.1, 0.15) is 30.1 Å². The van der Waals surface area contributed by atoms with Gasteiger partial charge >= 0.3 is 0 Å². The normalized spacial score (nSPS) is 24.8. The van der Waals surface area contributed by atoms with E-state index in [4.69, 9.17) is 4.74 Å². The number of hydrogen-bond acceptors (Lipinski definition) is 3. The van der Waals surface area contributed by atoms with Crippen LogP contribution in [0, 0.1) is 0 Å². The summed E-state index contributed by atoms with van der Waals surface area (Å²) in [5.41, 5.74) is 5.03. The molecule has 0 saturated carbocycles. The highest BCUT2D eigenvalue weighted by Crippen LogP contribution is 2.34. The molecule has 21 heavy (non-hydrogen) atoms. The summed E-state index contributed by atoms with van der Waals surface area (Å²) in [5.74, 6) is 0. The summed E-state index contributed by atoms with van der Waals surface area (Å²) in [6, 6.07) is 13.2. The second-order valence-electron chi connectivity index (χ2n) is 5.87. The van der Waals surface area contributed by atoms with Crippen LogP contribution in [0.4, 0.5) is 0 Å². The van der Waals surface area contributed by atoms with Crippen molar-refractivity contribution in [1.29, 1.82) is 0 Å². The molecule has 1 N–H and O–H groups in total. The van der Waals surface area contributed by atoms with Crippen molar-refractivity contribution in [2.24, 2.45) is 0 Å². The van der Waals surface area contributed by atoms with Crippen LogP contribution in [0.2, 0.25) is 0 Å². The van der Waals surface area contributed by atoms with E-state index in [1.165, 1.54) is 29.5 Å². The molecule has 2 aliphatic rings. The molecule has 3 nitrogen and oxygen atoms in total. The van der Waals surface area contributed by atoms with Crippen molar-refractivity contribution in [2.75, 3.05) is 13.2 Å². The molecule has 0 spiro atoms. The first-order chi connectivity index (χ1) is 10.4. The average Bonchev–Trinajstić information content (AvgIpc) is 3.09. The number of rotatable bonds is 2. The summed E-state index contributed by atoms with van der Waals surface area (Å²) < 4.78 is 6.06. The zero-order valence-electron chi connectivity index (χ0n) is 12.1.